The van der Waals surface area contributed by atoms with Crippen molar-refractivity contribution < 1.29 is 13.6 Å². The van der Waals surface area contributed by atoms with Gasteiger partial charge in [0, 0.05) is 0 Å². The maximum Gasteiger partial charge on any atom is 0.233 e. The number of hydrogen-bond donors (Lipinski definition) is 2. The van der Waals surface area contributed by atoms with E-state index in [0.717, 1.165) is 11.5 Å². The molecule has 0 saturated heterocycles. The van der Waals surface area contributed by atoms with Gasteiger partial charge in [0.15, 0.2) is 0 Å². The second kappa shape index (κ2) is 7.89. The lowest BCUT2D eigenvalue weighted by Crippen LogP contribution is -2.30. The molecule has 0 fully saturated rings. The monoisotopic (exact) mass is 358 g/mol. The summed E-state index contributed by atoms with van der Waals surface area (Å²) in [6.45, 7) is 4.06. The largest absolute Gasteiger partial charge is 0.467 e. The van der Waals surface area contributed by atoms with E-state index in [9.17, 15) is 4.79 Å². The van der Waals surface area contributed by atoms with Crippen molar-refractivity contribution in [3.8, 4) is 0 Å². The number of carbonyl (C=O) groups excluding carboxylic acids is 1. The van der Waals surface area contributed by atoms with Crippen LogP contribution in [0.2, 0.25) is 0 Å². The molecule has 0 bridgehead atoms. The molecule has 8 heteroatoms. The zero-order chi connectivity index (χ0) is 17.6. The van der Waals surface area contributed by atoms with Crippen molar-refractivity contribution in [3.63, 3.8) is 0 Å². The SMILES string of the molecule is Cc1ccc(/C=C/c2nc(SC(C)C(=O)NCc3ccco3)n[nH]2)o1. The fourth-order valence-corrected chi connectivity index (χ4v) is 2.79. The summed E-state index contributed by atoms with van der Waals surface area (Å²) in [5.74, 6) is 2.80. The van der Waals surface area contributed by atoms with E-state index in [1.165, 1.54) is 11.8 Å². The molecule has 0 aliphatic carbocycles. The zero-order valence-electron chi connectivity index (χ0n) is 13.9. The Hall–Kier alpha value is -2.74. The van der Waals surface area contributed by atoms with Gasteiger partial charge in [-0.3, -0.25) is 9.89 Å². The third kappa shape index (κ3) is 4.87. The number of rotatable bonds is 7. The molecule has 25 heavy (non-hydrogen) atoms. The summed E-state index contributed by atoms with van der Waals surface area (Å²) in [6.07, 6.45) is 5.16. The van der Waals surface area contributed by atoms with Gasteiger partial charge in [0.2, 0.25) is 11.1 Å². The highest BCUT2D eigenvalue weighted by Crippen LogP contribution is 2.20. The first kappa shape index (κ1) is 17.1. The van der Waals surface area contributed by atoms with E-state index in [-0.39, 0.29) is 11.2 Å². The minimum Gasteiger partial charge on any atom is -0.467 e. The number of nitrogens with zero attached hydrogens (tertiary/aromatic N) is 2. The summed E-state index contributed by atoms with van der Waals surface area (Å²) in [5, 5.41) is 9.94. The quantitative estimate of drug-likeness (QED) is 0.629. The van der Waals surface area contributed by atoms with Crippen LogP contribution in [0.15, 0.2) is 44.5 Å². The molecule has 0 aliphatic heterocycles. The van der Waals surface area contributed by atoms with Crippen LogP contribution in [0.4, 0.5) is 0 Å². The highest BCUT2D eigenvalue weighted by atomic mass is 32.2. The second-order valence-electron chi connectivity index (χ2n) is 5.34. The Morgan fingerprint density at radius 3 is 3.00 bits per heavy atom. The molecule has 0 aliphatic rings. The molecule has 2 N–H and O–H groups in total. The minimum atomic E-state index is -0.324. The van der Waals surface area contributed by atoms with Gasteiger partial charge >= 0.3 is 0 Å². The maximum absolute atomic E-state index is 12.1. The summed E-state index contributed by atoms with van der Waals surface area (Å²) in [6, 6.07) is 7.37. The Balaban J connectivity index is 1.51. The lowest BCUT2D eigenvalue weighted by atomic mass is 10.4. The Kier molecular flexibility index (Phi) is 5.39. The van der Waals surface area contributed by atoms with Crippen LogP contribution in [0.1, 0.15) is 30.0 Å². The van der Waals surface area contributed by atoms with Crippen LogP contribution in [-0.2, 0) is 11.3 Å². The molecule has 3 aromatic heterocycles. The van der Waals surface area contributed by atoms with E-state index in [1.54, 1.807) is 25.3 Å². The summed E-state index contributed by atoms with van der Waals surface area (Å²) in [7, 11) is 0. The van der Waals surface area contributed by atoms with Gasteiger partial charge in [-0.25, -0.2) is 4.98 Å². The predicted molar refractivity (Wildman–Crippen MR) is 94.6 cm³/mol. The molecule has 130 valence electrons. The van der Waals surface area contributed by atoms with E-state index in [1.807, 2.05) is 31.2 Å². The third-order valence-electron chi connectivity index (χ3n) is 3.32. The van der Waals surface area contributed by atoms with Crippen molar-refractivity contribution in [1.82, 2.24) is 20.5 Å². The molecule has 3 rings (SSSR count). The van der Waals surface area contributed by atoms with Crippen molar-refractivity contribution in [2.75, 3.05) is 0 Å². The first-order chi connectivity index (χ1) is 12.1. The molecule has 0 radical (unpaired) electrons. The van der Waals surface area contributed by atoms with Crippen molar-refractivity contribution in [3.05, 3.63) is 53.6 Å². The maximum atomic E-state index is 12.1. The normalized spacial score (nSPS) is 12.6. The average molecular weight is 358 g/mol. The Morgan fingerprint density at radius 1 is 1.40 bits per heavy atom. The molecule has 7 nitrogen and oxygen atoms in total. The van der Waals surface area contributed by atoms with E-state index in [0.29, 0.717) is 23.3 Å². The number of H-pyrrole nitrogens is 1. The molecule has 0 spiro atoms. The molecular formula is C17H18N4O3S. The number of nitrogens with one attached hydrogen (secondary N) is 2. The van der Waals surface area contributed by atoms with Crippen LogP contribution >= 0.6 is 11.8 Å². The number of aromatic nitrogens is 3. The summed E-state index contributed by atoms with van der Waals surface area (Å²) < 4.78 is 10.6. The molecule has 0 saturated carbocycles. The standard InChI is InChI=1S/C17H18N4O3S/c1-11-5-6-13(24-11)7-8-15-19-17(21-20-15)25-12(2)16(22)18-10-14-4-3-9-23-14/h3-9,12H,10H2,1-2H3,(H,18,22)(H,19,20,21)/b8-7+. The lowest BCUT2D eigenvalue weighted by Gasteiger charge is -2.08. The van der Waals surface area contributed by atoms with Gasteiger partial charge in [-0.15, -0.1) is 5.10 Å². The third-order valence-corrected chi connectivity index (χ3v) is 4.28. The zero-order valence-corrected chi connectivity index (χ0v) is 14.7. The van der Waals surface area contributed by atoms with Gasteiger partial charge in [-0.2, -0.15) is 0 Å². The summed E-state index contributed by atoms with van der Waals surface area (Å²) in [5.41, 5.74) is 0. The van der Waals surface area contributed by atoms with Gasteiger partial charge in [0.1, 0.15) is 23.1 Å². The Morgan fingerprint density at radius 2 is 2.28 bits per heavy atom. The second-order valence-corrected chi connectivity index (χ2v) is 6.65. The molecular weight excluding hydrogens is 340 g/mol. The van der Waals surface area contributed by atoms with Crippen molar-refractivity contribution in [2.45, 2.75) is 30.8 Å². The number of amides is 1. The van der Waals surface area contributed by atoms with Crippen molar-refractivity contribution >= 4 is 29.8 Å². The molecule has 0 aromatic carbocycles. The van der Waals surface area contributed by atoms with Crippen molar-refractivity contribution in [2.24, 2.45) is 0 Å². The van der Waals surface area contributed by atoms with E-state index in [4.69, 9.17) is 8.83 Å². The summed E-state index contributed by atoms with van der Waals surface area (Å²) in [4.78, 5) is 16.4. The van der Waals surface area contributed by atoms with Crippen LogP contribution in [0.3, 0.4) is 0 Å². The minimum absolute atomic E-state index is 0.102. The smallest absolute Gasteiger partial charge is 0.233 e. The van der Waals surface area contributed by atoms with Gasteiger partial charge in [-0.1, -0.05) is 11.8 Å². The number of furan rings is 2. The van der Waals surface area contributed by atoms with Crippen LogP contribution < -0.4 is 5.32 Å². The fourth-order valence-electron chi connectivity index (χ4n) is 2.03. The average Bonchev–Trinajstić information content (AvgIpc) is 3.33. The van der Waals surface area contributed by atoms with E-state index < -0.39 is 0 Å². The molecule has 1 atom stereocenters. The number of carbonyl (C=O) groups is 1. The number of aromatic amines is 1. The first-order valence-electron chi connectivity index (χ1n) is 7.74. The first-order valence-corrected chi connectivity index (χ1v) is 8.62. The van der Waals surface area contributed by atoms with Gasteiger partial charge in [-0.05, 0) is 50.3 Å². The van der Waals surface area contributed by atoms with Crippen LogP contribution in [-0.4, -0.2) is 26.3 Å². The lowest BCUT2D eigenvalue weighted by molar-refractivity contribution is -0.120. The van der Waals surface area contributed by atoms with Gasteiger partial charge in [0.05, 0.1) is 18.1 Å². The molecule has 3 heterocycles. The Bertz CT molecular complexity index is 851. The van der Waals surface area contributed by atoms with Crippen LogP contribution in [0.5, 0.6) is 0 Å². The molecule has 1 amide bonds. The number of thioether (sulfide) groups is 1. The van der Waals surface area contributed by atoms with E-state index >= 15 is 0 Å². The number of aryl methyl sites for hydroxylation is 1. The molecule has 3 aromatic rings. The number of hydrogen-bond acceptors (Lipinski definition) is 6. The van der Waals surface area contributed by atoms with Crippen LogP contribution in [0, 0.1) is 6.92 Å². The fraction of sp³-hybridized carbons (Fsp3) is 0.235. The van der Waals surface area contributed by atoms with E-state index in [2.05, 4.69) is 20.5 Å². The van der Waals surface area contributed by atoms with Crippen LogP contribution in [0.25, 0.3) is 12.2 Å². The van der Waals surface area contributed by atoms with Gasteiger partial charge in [0.25, 0.3) is 0 Å². The van der Waals surface area contributed by atoms with Gasteiger partial charge < -0.3 is 14.2 Å². The Labute approximate surface area is 148 Å². The predicted octanol–water partition coefficient (Wildman–Crippen LogP) is 3.27. The highest BCUT2D eigenvalue weighted by molar-refractivity contribution is 8.00. The highest BCUT2D eigenvalue weighted by Gasteiger charge is 2.17. The molecule has 1 unspecified atom stereocenters. The summed E-state index contributed by atoms with van der Waals surface area (Å²) >= 11 is 1.28. The van der Waals surface area contributed by atoms with Crippen molar-refractivity contribution in [1.29, 1.82) is 0 Å². The topological polar surface area (TPSA) is 97.0 Å².